The minimum absolute atomic E-state index is 0.428. The highest BCUT2D eigenvalue weighted by Crippen LogP contribution is 2.27. The first-order chi connectivity index (χ1) is 6.66. The summed E-state index contributed by atoms with van der Waals surface area (Å²) >= 11 is 0. The van der Waals surface area contributed by atoms with Crippen molar-refractivity contribution in [1.82, 2.24) is 15.0 Å². The van der Waals surface area contributed by atoms with Crippen LogP contribution in [0.15, 0.2) is 4.52 Å². The van der Waals surface area contributed by atoms with Crippen molar-refractivity contribution in [3.05, 3.63) is 11.7 Å². The predicted octanol–water partition coefficient (Wildman–Crippen LogP) is 1.58. The van der Waals surface area contributed by atoms with E-state index in [1.807, 2.05) is 6.92 Å². The van der Waals surface area contributed by atoms with Crippen LogP contribution in [0.25, 0.3) is 0 Å². The molecule has 1 aromatic rings. The summed E-state index contributed by atoms with van der Waals surface area (Å²) in [4.78, 5) is 6.64. The van der Waals surface area contributed by atoms with Gasteiger partial charge in [-0.25, -0.2) is 0 Å². The Morgan fingerprint density at radius 1 is 1.43 bits per heavy atom. The molecule has 0 radical (unpaired) electrons. The molecule has 2 rings (SSSR count). The third kappa shape index (κ3) is 1.80. The molecule has 2 atom stereocenters. The third-order valence-electron chi connectivity index (χ3n) is 3.09. The quantitative estimate of drug-likeness (QED) is 0.682. The Hall–Kier alpha value is -0.900. The van der Waals surface area contributed by atoms with Crippen molar-refractivity contribution in [3.8, 4) is 0 Å². The summed E-state index contributed by atoms with van der Waals surface area (Å²) in [6.45, 7) is 5.15. The van der Waals surface area contributed by atoms with Crippen molar-refractivity contribution < 1.29 is 4.52 Å². The van der Waals surface area contributed by atoms with E-state index in [4.69, 9.17) is 4.52 Å². The maximum atomic E-state index is 5.20. The first-order valence-corrected chi connectivity index (χ1v) is 5.17. The SMILES string of the molecule is Cc1noc(C2CCC(C)N(C)C2)n1. The molecule has 0 saturated carbocycles. The summed E-state index contributed by atoms with van der Waals surface area (Å²) in [5.41, 5.74) is 0. The Balaban J connectivity index is 2.06. The van der Waals surface area contributed by atoms with Gasteiger partial charge >= 0.3 is 0 Å². The van der Waals surface area contributed by atoms with Gasteiger partial charge in [0, 0.05) is 12.6 Å². The third-order valence-corrected chi connectivity index (χ3v) is 3.09. The van der Waals surface area contributed by atoms with E-state index in [-0.39, 0.29) is 0 Å². The number of hydrogen-bond acceptors (Lipinski definition) is 4. The van der Waals surface area contributed by atoms with E-state index in [0.717, 1.165) is 24.7 Å². The second-order valence-electron chi connectivity index (χ2n) is 4.24. The van der Waals surface area contributed by atoms with Crippen LogP contribution >= 0.6 is 0 Å². The van der Waals surface area contributed by atoms with Crippen LogP contribution in [0.2, 0.25) is 0 Å². The lowest BCUT2D eigenvalue weighted by Crippen LogP contribution is -2.37. The number of piperidine rings is 1. The minimum atomic E-state index is 0.428. The van der Waals surface area contributed by atoms with Crippen LogP contribution in [0, 0.1) is 6.92 Å². The molecule has 1 aliphatic heterocycles. The molecule has 0 N–H and O–H groups in total. The molecule has 1 fully saturated rings. The number of hydrogen-bond donors (Lipinski definition) is 0. The lowest BCUT2D eigenvalue weighted by Gasteiger charge is -2.33. The Kier molecular flexibility index (Phi) is 2.54. The maximum absolute atomic E-state index is 5.20. The maximum Gasteiger partial charge on any atom is 0.231 e. The second kappa shape index (κ2) is 3.69. The van der Waals surface area contributed by atoms with Gasteiger partial charge in [-0.1, -0.05) is 5.16 Å². The first kappa shape index (κ1) is 9.65. The molecule has 0 aliphatic carbocycles. The van der Waals surface area contributed by atoms with Crippen molar-refractivity contribution in [3.63, 3.8) is 0 Å². The van der Waals surface area contributed by atoms with Gasteiger partial charge in [0.1, 0.15) is 0 Å². The standard InChI is InChI=1S/C10H17N3O/c1-7-4-5-9(6-13(7)3)10-11-8(2)12-14-10/h7,9H,4-6H2,1-3H3. The van der Waals surface area contributed by atoms with E-state index in [0.29, 0.717) is 12.0 Å². The van der Waals surface area contributed by atoms with E-state index in [1.54, 1.807) is 0 Å². The Morgan fingerprint density at radius 2 is 2.21 bits per heavy atom. The van der Waals surface area contributed by atoms with Gasteiger partial charge in [0.05, 0.1) is 5.92 Å². The lowest BCUT2D eigenvalue weighted by atomic mass is 9.94. The second-order valence-corrected chi connectivity index (χ2v) is 4.24. The van der Waals surface area contributed by atoms with Crippen LogP contribution in [-0.4, -0.2) is 34.7 Å². The molecule has 14 heavy (non-hydrogen) atoms. The molecule has 1 saturated heterocycles. The lowest BCUT2D eigenvalue weighted by molar-refractivity contribution is 0.163. The fraction of sp³-hybridized carbons (Fsp3) is 0.800. The number of likely N-dealkylation sites (tertiary alicyclic amines) is 1. The van der Waals surface area contributed by atoms with Gasteiger partial charge < -0.3 is 9.42 Å². The minimum Gasteiger partial charge on any atom is -0.339 e. The zero-order valence-electron chi connectivity index (χ0n) is 9.03. The van der Waals surface area contributed by atoms with Gasteiger partial charge in [-0.05, 0) is 33.7 Å². The average molecular weight is 195 g/mol. The number of aromatic nitrogens is 2. The van der Waals surface area contributed by atoms with E-state index in [9.17, 15) is 0 Å². The Morgan fingerprint density at radius 3 is 2.79 bits per heavy atom. The zero-order valence-corrected chi connectivity index (χ0v) is 9.03. The van der Waals surface area contributed by atoms with Crippen LogP contribution in [-0.2, 0) is 0 Å². The number of aryl methyl sites for hydroxylation is 1. The summed E-state index contributed by atoms with van der Waals surface area (Å²) < 4.78 is 5.20. The molecular weight excluding hydrogens is 178 g/mol. The molecule has 0 amide bonds. The molecule has 2 heterocycles. The molecule has 4 nitrogen and oxygen atoms in total. The van der Waals surface area contributed by atoms with Crippen LogP contribution in [0.3, 0.4) is 0 Å². The Labute approximate surface area is 84.3 Å². The molecule has 0 bridgehead atoms. The monoisotopic (exact) mass is 195 g/mol. The molecule has 4 heteroatoms. The van der Waals surface area contributed by atoms with Crippen molar-refractivity contribution >= 4 is 0 Å². The van der Waals surface area contributed by atoms with Gasteiger partial charge in [-0.15, -0.1) is 0 Å². The van der Waals surface area contributed by atoms with Crippen LogP contribution in [0.1, 0.15) is 37.4 Å². The Bertz CT molecular complexity index is 310. The fourth-order valence-electron chi connectivity index (χ4n) is 1.96. The summed E-state index contributed by atoms with van der Waals surface area (Å²) in [6, 6.07) is 0.676. The highest BCUT2D eigenvalue weighted by molar-refractivity contribution is 4.97. The largest absolute Gasteiger partial charge is 0.339 e. The zero-order chi connectivity index (χ0) is 10.1. The predicted molar refractivity (Wildman–Crippen MR) is 53.1 cm³/mol. The van der Waals surface area contributed by atoms with Gasteiger partial charge in [0.25, 0.3) is 0 Å². The average Bonchev–Trinajstić information content (AvgIpc) is 2.57. The van der Waals surface area contributed by atoms with E-state index >= 15 is 0 Å². The molecule has 1 aliphatic rings. The van der Waals surface area contributed by atoms with Crippen molar-refractivity contribution in [1.29, 1.82) is 0 Å². The first-order valence-electron chi connectivity index (χ1n) is 5.17. The topological polar surface area (TPSA) is 42.2 Å². The number of likely N-dealkylation sites (N-methyl/N-ethyl adjacent to an activating group) is 1. The normalized spacial score (nSPS) is 29.4. The molecule has 78 valence electrons. The highest BCUT2D eigenvalue weighted by Gasteiger charge is 2.27. The summed E-state index contributed by atoms with van der Waals surface area (Å²) in [6.07, 6.45) is 2.37. The van der Waals surface area contributed by atoms with Crippen molar-refractivity contribution in [2.75, 3.05) is 13.6 Å². The van der Waals surface area contributed by atoms with Crippen molar-refractivity contribution in [2.24, 2.45) is 0 Å². The van der Waals surface area contributed by atoms with Gasteiger partial charge in [0.15, 0.2) is 5.82 Å². The van der Waals surface area contributed by atoms with Gasteiger partial charge in [-0.2, -0.15) is 4.98 Å². The number of rotatable bonds is 1. The smallest absolute Gasteiger partial charge is 0.231 e. The number of nitrogens with zero attached hydrogens (tertiary/aromatic N) is 3. The van der Waals surface area contributed by atoms with E-state index < -0.39 is 0 Å². The molecule has 0 aromatic carbocycles. The molecular formula is C10H17N3O. The summed E-state index contributed by atoms with van der Waals surface area (Å²) in [7, 11) is 2.15. The van der Waals surface area contributed by atoms with Gasteiger partial charge in [-0.3, -0.25) is 0 Å². The highest BCUT2D eigenvalue weighted by atomic mass is 16.5. The molecule has 2 unspecified atom stereocenters. The van der Waals surface area contributed by atoms with E-state index in [1.165, 1.54) is 6.42 Å². The van der Waals surface area contributed by atoms with Crippen LogP contribution in [0.4, 0.5) is 0 Å². The molecule has 0 spiro atoms. The summed E-state index contributed by atoms with van der Waals surface area (Å²) in [5.74, 6) is 1.97. The summed E-state index contributed by atoms with van der Waals surface area (Å²) in [5, 5.41) is 3.83. The van der Waals surface area contributed by atoms with E-state index in [2.05, 4.69) is 29.0 Å². The van der Waals surface area contributed by atoms with Crippen LogP contribution in [0.5, 0.6) is 0 Å². The fourth-order valence-corrected chi connectivity index (χ4v) is 1.96. The van der Waals surface area contributed by atoms with Crippen molar-refractivity contribution in [2.45, 2.75) is 38.6 Å². The van der Waals surface area contributed by atoms with Gasteiger partial charge in [0.2, 0.25) is 5.89 Å². The molecule has 1 aromatic heterocycles. The van der Waals surface area contributed by atoms with Crippen LogP contribution < -0.4 is 0 Å².